The smallest absolute Gasteiger partial charge is 0.127 e. The van der Waals surface area contributed by atoms with Crippen LogP contribution in [0.15, 0.2) is 72.8 Å². The number of ether oxygens (including phenoxy) is 2. The van der Waals surface area contributed by atoms with Crippen LogP contribution >= 0.6 is 0 Å². The number of hydrogen-bond donors (Lipinski definition) is 0. The number of benzene rings is 3. The maximum Gasteiger partial charge on any atom is 0.127 e. The lowest BCUT2D eigenvalue weighted by molar-refractivity contribution is -0.0502. The molecule has 0 aromatic heterocycles. The van der Waals surface area contributed by atoms with Gasteiger partial charge in [0.25, 0.3) is 0 Å². The Morgan fingerprint density at radius 1 is 0.920 bits per heavy atom. The van der Waals surface area contributed by atoms with Gasteiger partial charge in [0.2, 0.25) is 0 Å². The zero-order valence-electron chi connectivity index (χ0n) is 14.3. The molecule has 3 aromatic rings. The molecule has 1 aliphatic rings. The van der Waals surface area contributed by atoms with Crippen LogP contribution < -0.4 is 4.74 Å². The van der Waals surface area contributed by atoms with Gasteiger partial charge >= 0.3 is 0 Å². The van der Waals surface area contributed by atoms with Gasteiger partial charge in [0.05, 0.1) is 6.61 Å². The number of nitrogens with zero attached hydrogens (tertiary/aromatic N) is 1. The summed E-state index contributed by atoms with van der Waals surface area (Å²) in [7, 11) is 0. The third kappa shape index (κ3) is 4.01. The van der Waals surface area contributed by atoms with E-state index in [1.54, 1.807) is 0 Å². The fraction of sp³-hybridized carbons (Fsp3) is 0.273. The zero-order chi connectivity index (χ0) is 16.9. The molecule has 3 heteroatoms. The molecule has 0 spiro atoms. The molecule has 3 nitrogen and oxygen atoms in total. The summed E-state index contributed by atoms with van der Waals surface area (Å²) in [5.74, 6) is 0.932. The Hall–Kier alpha value is -2.36. The predicted molar refractivity (Wildman–Crippen MR) is 101 cm³/mol. The zero-order valence-corrected chi connectivity index (χ0v) is 14.3. The molecule has 1 aliphatic heterocycles. The van der Waals surface area contributed by atoms with Crippen LogP contribution in [0.2, 0.25) is 0 Å². The highest BCUT2D eigenvalue weighted by Gasteiger charge is 2.21. The molecule has 0 N–H and O–H groups in total. The summed E-state index contributed by atoms with van der Waals surface area (Å²) in [6.07, 6.45) is 0.108. The topological polar surface area (TPSA) is 21.7 Å². The summed E-state index contributed by atoms with van der Waals surface area (Å²) in [6, 6.07) is 25.1. The van der Waals surface area contributed by atoms with E-state index in [-0.39, 0.29) is 6.10 Å². The van der Waals surface area contributed by atoms with Crippen molar-refractivity contribution in [3.05, 3.63) is 78.4 Å². The van der Waals surface area contributed by atoms with Crippen molar-refractivity contribution >= 4 is 10.8 Å². The normalized spacial score (nSPS) is 18.3. The summed E-state index contributed by atoms with van der Waals surface area (Å²) in [5.41, 5.74) is 1.35. The quantitative estimate of drug-likeness (QED) is 0.701. The van der Waals surface area contributed by atoms with Gasteiger partial charge < -0.3 is 9.47 Å². The van der Waals surface area contributed by atoms with Gasteiger partial charge in [0.15, 0.2) is 0 Å². The van der Waals surface area contributed by atoms with Gasteiger partial charge in [-0.1, -0.05) is 66.7 Å². The van der Waals surface area contributed by atoms with Crippen molar-refractivity contribution in [1.29, 1.82) is 0 Å². The van der Waals surface area contributed by atoms with Crippen LogP contribution in [0.25, 0.3) is 10.8 Å². The lowest BCUT2D eigenvalue weighted by atomic mass is 10.1. The third-order valence-electron chi connectivity index (χ3n) is 4.65. The summed E-state index contributed by atoms with van der Waals surface area (Å²) in [5, 5.41) is 2.36. The maximum atomic E-state index is 6.11. The Bertz CT molecular complexity index is 813. The minimum Gasteiger partial charge on any atom is -0.490 e. The number of rotatable bonds is 5. The lowest BCUT2D eigenvalue weighted by Crippen LogP contribution is -2.44. The molecule has 3 aromatic carbocycles. The van der Waals surface area contributed by atoms with E-state index < -0.39 is 0 Å². The lowest BCUT2D eigenvalue weighted by Gasteiger charge is -2.32. The second-order valence-corrected chi connectivity index (χ2v) is 6.50. The van der Waals surface area contributed by atoms with Crippen LogP contribution in [0.1, 0.15) is 5.56 Å². The first kappa shape index (κ1) is 16.1. The predicted octanol–water partition coefficient (Wildman–Crippen LogP) is 4.12. The van der Waals surface area contributed by atoms with E-state index in [1.807, 2.05) is 18.2 Å². The first-order valence-electron chi connectivity index (χ1n) is 8.87. The Kier molecular flexibility index (Phi) is 4.96. The molecule has 0 aliphatic carbocycles. The maximum absolute atomic E-state index is 6.11. The molecule has 1 atom stereocenters. The van der Waals surface area contributed by atoms with E-state index in [4.69, 9.17) is 9.47 Å². The first-order valence-corrected chi connectivity index (χ1v) is 8.87. The molecule has 1 heterocycles. The largest absolute Gasteiger partial charge is 0.490 e. The van der Waals surface area contributed by atoms with Gasteiger partial charge in [-0.3, -0.25) is 4.90 Å². The summed E-state index contributed by atoms with van der Waals surface area (Å²) < 4.78 is 12.0. The van der Waals surface area contributed by atoms with Crippen molar-refractivity contribution in [1.82, 2.24) is 4.90 Å². The molecule has 4 rings (SSSR count). The van der Waals surface area contributed by atoms with Gasteiger partial charge in [-0.05, 0) is 17.0 Å². The Morgan fingerprint density at radius 2 is 1.72 bits per heavy atom. The van der Waals surface area contributed by atoms with E-state index in [0.717, 1.165) is 37.4 Å². The fourth-order valence-corrected chi connectivity index (χ4v) is 3.37. The second-order valence-electron chi connectivity index (χ2n) is 6.50. The van der Waals surface area contributed by atoms with Gasteiger partial charge in [-0.2, -0.15) is 0 Å². The molecule has 0 amide bonds. The number of fused-ring (bicyclic) bond motifs is 1. The SMILES string of the molecule is c1ccc(CN2CCOC(COc3cccc4ccccc34)C2)cc1. The Balaban J connectivity index is 1.37. The third-order valence-corrected chi connectivity index (χ3v) is 4.65. The number of hydrogen-bond acceptors (Lipinski definition) is 3. The minimum atomic E-state index is 0.108. The van der Waals surface area contributed by atoms with Crippen molar-refractivity contribution in [2.75, 3.05) is 26.3 Å². The highest BCUT2D eigenvalue weighted by atomic mass is 16.5. The number of morpholine rings is 1. The molecule has 0 saturated carbocycles. The summed E-state index contributed by atoms with van der Waals surface area (Å²) >= 11 is 0. The molecule has 0 radical (unpaired) electrons. The summed E-state index contributed by atoms with van der Waals surface area (Å²) in [6.45, 7) is 4.18. The van der Waals surface area contributed by atoms with Crippen LogP contribution in [0.5, 0.6) is 5.75 Å². The van der Waals surface area contributed by atoms with Crippen LogP contribution in [-0.2, 0) is 11.3 Å². The average Bonchev–Trinajstić information content (AvgIpc) is 2.67. The van der Waals surface area contributed by atoms with Gasteiger partial charge in [0.1, 0.15) is 18.5 Å². The van der Waals surface area contributed by atoms with Crippen molar-refractivity contribution in [3.63, 3.8) is 0 Å². The Morgan fingerprint density at radius 3 is 2.64 bits per heavy atom. The highest BCUT2D eigenvalue weighted by Crippen LogP contribution is 2.25. The molecule has 128 valence electrons. The molecular formula is C22H23NO2. The van der Waals surface area contributed by atoms with Crippen molar-refractivity contribution in [3.8, 4) is 5.75 Å². The van der Waals surface area contributed by atoms with E-state index in [9.17, 15) is 0 Å². The van der Waals surface area contributed by atoms with Crippen LogP contribution in [0.3, 0.4) is 0 Å². The van der Waals surface area contributed by atoms with Crippen LogP contribution in [0.4, 0.5) is 0 Å². The molecule has 0 bridgehead atoms. The monoisotopic (exact) mass is 333 g/mol. The molecule has 25 heavy (non-hydrogen) atoms. The molecule has 1 saturated heterocycles. The fourth-order valence-electron chi connectivity index (χ4n) is 3.37. The van der Waals surface area contributed by atoms with Crippen molar-refractivity contribution in [2.45, 2.75) is 12.6 Å². The van der Waals surface area contributed by atoms with E-state index >= 15 is 0 Å². The van der Waals surface area contributed by atoms with E-state index in [2.05, 4.69) is 59.5 Å². The standard InChI is InChI=1S/C22H23NO2/c1-2-7-18(8-3-1)15-23-13-14-24-20(16-23)17-25-22-12-6-10-19-9-4-5-11-21(19)22/h1-12,20H,13-17H2. The van der Waals surface area contributed by atoms with Gasteiger partial charge in [-0.25, -0.2) is 0 Å². The highest BCUT2D eigenvalue weighted by molar-refractivity contribution is 5.88. The average molecular weight is 333 g/mol. The molecule has 1 fully saturated rings. The second kappa shape index (κ2) is 7.68. The van der Waals surface area contributed by atoms with Crippen LogP contribution in [0, 0.1) is 0 Å². The first-order chi connectivity index (χ1) is 12.4. The molecular weight excluding hydrogens is 310 g/mol. The van der Waals surface area contributed by atoms with Crippen LogP contribution in [-0.4, -0.2) is 37.3 Å². The molecule has 1 unspecified atom stereocenters. The minimum absolute atomic E-state index is 0.108. The van der Waals surface area contributed by atoms with Gasteiger partial charge in [-0.15, -0.1) is 0 Å². The van der Waals surface area contributed by atoms with Crippen molar-refractivity contribution in [2.24, 2.45) is 0 Å². The Labute approximate surface area is 148 Å². The summed E-state index contributed by atoms with van der Waals surface area (Å²) in [4.78, 5) is 2.44. The van der Waals surface area contributed by atoms with Gasteiger partial charge in [0, 0.05) is 25.0 Å². The van der Waals surface area contributed by atoms with Crippen molar-refractivity contribution < 1.29 is 9.47 Å². The van der Waals surface area contributed by atoms with E-state index in [1.165, 1.54) is 10.9 Å². The van der Waals surface area contributed by atoms with E-state index in [0.29, 0.717) is 6.61 Å².